The number of ketones is 1. The molecule has 1 amide bonds. The van der Waals surface area contributed by atoms with Gasteiger partial charge in [0.2, 0.25) is 18.3 Å². The molecule has 1 aromatic rings. The molecule has 2 aliphatic carbocycles. The maximum atomic E-state index is 13.8. The fraction of sp³-hybridized carbons (Fsp3) is 0.360. The monoisotopic (exact) mass is 567 g/mol. The number of hydrogen-bond acceptors (Lipinski definition) is 9. The van der Waals surface area contributed by atoms with Gasteiger partial charge in [-0.3, -0.25) is 9.59 Å². The molecule has 0 radical (unpaired) electrons. The van der Waals surface area contributed by atoms with E-state index in [1.165, 1.54) is 14.2 Å². The molecule has 1 N–H and O–H groups in total. The summed E-state index contributed by atoms with van der Waals surface area (Å²) >= 11 is 1.72. The number of amides is 1. The minimum atomic E-state index is -0.340. The van der Waals surface area contributed by atoms with E-state index in [0.29, 0.717) is 35.6 Å². The highest BCUT2D eigenvalue weighted by atomic mass is 35.5. The second kappa shape index (κ2) is 10.9. The molecular formula is C25H27Cl2N3O6S. The number of halogens is 2. The van der Waals surface area contributed by atoms with Gasteiger partial charge < -0.3 is 28.9 Å². The number of nitrogens with one attached hydrogen (secondary N) is 1. The molecule has 5 aliphatic rings. The zero-order valence-electron chi connectivity index (χ0n) is 20.3. The van der Waals surface area contributed by atoms with Crippen LogP contribution in [0.4, 0.5) is 0 Å². The second-order valence-corrected chi connectivity index (χ2v) is 9.55. The predicted octanol–water partition coefficient (Wildman–Crippen LogP) is 3.38. The predicted molar refractivity (Wildman–Crippen MR) is 142 cm³/mol. The molecule has 0 saturated carbocycles. The fourth-order valence-electron chi connectivity index (χ4n) is 5.28. The van der Waals surface area contributed by atoms with Gasteiger partial charge in [0.25, 0.3) is 5.91 Å². The molecule has 6 rings (SSSR count). The number of thioether (sulfide) groups is 1. The van der Waals surface area contributed by atoms with Gasteiger partial charge in [-0.15, -0.1) is 36.6 Å². The van der Waals surface area contributed by atoms with Crippen molar-refractivity contribution >= 4 is 48.3 Å². The topological polar surface area (TPSA) is 89.6 Å². The van der Waals surface area contributed by atoms with Gasteiger partial charge in [0.15, 0.2) is 17.3 Å². The summed E-state index contributed by atoms with van der Waals surface area (Å²) in [6.07, 6.45) is 4.93. The molecule has 0 fully saturated rings. The molecule has 9 nitrogen and oxygen atoms in total. The number of allylic oxidation sites excluding steroid dienone is 2. The van der Waals surface area contributed by atoms with E-state index in [1.54, 1.807) is 17.8 Å². The molecule has 1 unspecified atom stereocenters. The van der Waals surface area contributed by atoms with Crippen molar-refractivity contribution in [2.45, 2.75) is 18.9 Å². The van der Waals surface area contributed by atoms with Crippen molar-refractivity contribution in [2.75, 3.05) is 40.0 Å². The molecule has 1 aromatic carbocycles. The van der Waals surface area contributed by atoms with Crippen LogP contribution in [0.5, 0.6) is 11.5 Å². The maximum absolute atomic E-state index is 13.8. The van der Waals surface area contributed by atoms with Crippen molar-refractivity contribution < 1.29 is 28.5 Å². The van der Waals surface area contributed by atoms with Crippen LogP contribution in [-0.4, -0.2) is 61.6 Å². The van der Waals surface area contributed by atoms with Crippen molar-refractivity contribution in [1.82, 2.24) is 15.3 Å². The lowest BCUT2D eigenvalue weighted by atomic mass is 9.82. The number of hydrazine groups is 1. The van der Waals surface area contributed by atoms with Crippen molar-refractivity contribution in [2.24, 2.45) is 0 Å². The van der Waals surface area contributed by atoms with Gasteiger partial charge in [0, 0.05) is 24.9 Å². The minimum absolute atomic E-state index is 0. The van der Waals surface area contributed by atoms with Crippen LogP contribution in [0.2, 0.25) is 0 Å². The van der Waals surface area contributed by atoms with Crippen LogP contribution < -0.4 is 14.9 Å². The van der Waals surface area contributed by atoms with Crippen LogP contribution in [0.25, 0.3) is 0 Å². The highest BCUT2D eigenvalue weighted by Crippen LogP contribution is 2.51. The largest absolute Gasteiger partial charge is 0.493 e. The summed E-state index contributed by atoms with van der Waals surface area (Å²) in [6, 6.07) is 3.58. The second-order valence-electron chi connectivity index (χ2n) is 8.68. The average Bonchev–Trinajstić information content (AvgIpc) is 3.61. The zero-order valence-corrected chi connectivity index (χ0v) is 22.7. The first kappa shape index (κ1) is 27.3. The number of ether oxygens (including phenoxy) is 4. The van der Waals surface area contributed by atoms with E-state index in [9.17, 15) is 9.59 Å². The van der Waals surface area contributed by atoms with Crippen molar-refractivity contribution in [3.05, 3.63) is 69.2 Å². The standard InChI is InChI=1S/C25H25N3O6S.2ClH/c1-31-20-11-17-21(23(29)24(20)32-2)16-8-14-9-18-19(34-13-33-18)10-15(14)22(16)28(25(17)30)5-3-4-26-27-6-7-35-12-27;;/h6-7,9-11,22,26H,3-5,8,12-13H2,1-2H3;2*1H. The Morgan fingerprint density at radius 1 is 1.14 bits per heavy atom. The van der Waals surface area contributed by atoms with Gasteiger partial charge in [-0.1, -0.05) is 0 Å². The quantitative estimate of drug-likeness (QED) is 0.498. The Bertz CT molecular complexity index is 1260. The van der Waals surface area contributed by atoms with Gasteiger partial charge in [-0.2, -0.15) is 0 Å². The summed E-state index contributed by atoms with van der Waals surface area (Å²) < 4.78 is 22.0. The number of carbonyl (C=O) groups is 2. The normalized spacial score (nSPS) is 20.8. The number of hydrogen-bond donors (Lipinski definition) is 1. The number of Topliss-reactive ketones (excluding diaryl/α,β-unsaturated/α-hetero) is 1. The number of nitrogens with zero attached hydrogens (tertiary/aromatic N) is 2. The summed E-state index contributed by atoms with van der Waals surface area (Å²) in [6.45, 7) is 1.43. The van der Waals surface area contributed by atoms with E-state index in [4.69, 9.17) is 18.9 Å². The van der Waals surface area contributed by atoms with Crippen LogP contribution in [0, 0.1) is 0 Å². The summed E-state index contributed by atoms with van der Waals surface area (Å²) in [7, 11) is 2.91. The summed E-state index contributed by atoms with van der Waals surface area (Å²) in [5.74, 6) is 2.10. The smallest absolute Gasteiger partial charge is 0.255 e. The van der Waals surface area contributed by atoms with E-state index in [0.717, 1.165) is 35.5 Å². The molecule has 3 aliphatic heterocycles. The molecule has 1 atom stereocenters. The number of benzene rings is 1. The average molecular weight is 568 g/mol. The van der Waals surface area contributed by atoms with E-state index in [2.05, 4.69) is 5.43 Å². The molecule has 0 bridgehead atoms. The Morgan fingerprint density at radius 2 is 1.92 bits per heavy atom. The van der Waals surface area contributed by atoms with Crippen LogP contribution in [0.3, 0.4) is 0 Å². The first-order chi connectivity index (χ1) is 17.1. The van der Waals surface area contributed by atoms with Gasteiger partial charge in [0.05, 0.1) is 31.7 Å². The van der Waals surface area contributed by atoms with Gasteiger partial charge in [0.1, 0.15) is 0 Å². The van der Waals surface area contributed by atoms with Crippen LogP contribution in [0.15, 0.2) is 58.1 Å². The van der Waals surface area contributed by atoms with E-state index >= 15 is 0 Å². The first-order valence-electron chi connectivity index (χ1n) is 11.4. The van der Waals surface area contributed by atoms with Gasteiger partial charge in [-0.25, -0.2) is 5.43 Å². The third-order valence-electron chi connectivity index (χ3n) is 6.83. The third kappa shape index (κ3) is 4.46. The van der Waals surface area contributed by atoms with Crippen molar-refractivity contribution in [1.29, 1.82) is 0 Å². The van der Waals surface area contributed by atoms with Crippen LogP contribution in [0.1, 0.15) is 23.6 Å². The Morgan fingerprint density at radius 3 is 2.62 bits per heavy atom. The first-order valence-corrected chi connectivity index (χ1v) is 12.5. The van der Waals surface area contributed by atoms with Crippen LogP contribution >= 0.6 is 36.6 Å². The van der Waals surface area contributed by atoms with E-state index in [1.807, 2.05) is 33.6 Å². The van der Waals surface area contributed by atoms with Crippen LogP contribution in [-0.2, 0) is 25.5 Å². The van der Waals surface area contributed by atoms with Crippen molar-refractivity contribution in [3.8, 4) is 11.5 Å². The Balaban J connectivity index is 0.00000160. The lowest BCUT2D eigenvalue weighted by Gasteiger charge is -2.38. The SMILES string of the molecule is COC1=C(OC)C(=O)C2=C3Cc4cc5c(cc4C3N(CCCNN3C=CSC3)C(=O)C2=C1)OCO5.Cl.Cl. The van der Waals surface area contributed by atoms with Gasteiger partial charge in [-0.05, 0) is 53.2 Å². The molecule has 0 spiro atoms. The number of fused-ring (bicyclic) bond motifs is 5. The fourth-order valence-corrected chi connectivity index (χ4v) is 5.94. The van der Waals surface area contributed by atoms with Crippen molar-refractivity contribution in [3.63, 3.8) is 0 Å². The minimum Gasteiger partial charge on any atom is -0.493 e. The van der Waals surface area contributed by atoms with E-state index < -0.39 is 0 Å². The number of rotatable bonds is 7. The third-order valence-corrected chi connectivity index (χ3v) is 7.57. The lowest BCUT2D eigenvalue weighted by Crippen LogP contribution is -2.44. The summed E-state index contributed by atoms with van der Waals surface area (Å²) in [5.41, 5.74) is 7.06. The highest BCUT2D eigenvalue weighted by molar-refractivity contribution is 8.02. The Kier molecular flexibility index (Phi) is 8.03. The molecular weight excluding hydrogens is 541 g/mol. The molecule has 3 heterocycles. The molecule has 0 aromatic heterocycles. The summed E-state index contributed by atoms with van der Waals surface area (Å²) in [5, 5.41) is 4.07. The molecule has 37 heavy (non-hydrogen) atoms. The zero-order chi connectivity index (χ0) is 24.1. The Labute approximate surface area is 231 Å². The lowest BCUT2D eigenvalue weighted by molar-refractivity contribution is -0.130. The molecule has 198 valence electrons. The number of carbonyl (C=O) groups excluding carboxylic acids is 2. The maximum Gasteiger partial charge on any atom is 0.255 e. The molecule has 0 saturated heterocycles. The molecule has 12 heteroatoms. The van der Waals surface area contributed by atoms with Gasteiger partial charge >= 0.3 is 0 Å². The summed E-state index contributed by atoms with van der Waals surface area (Å²) in [4.78, 5) is 29.2. The van der Waals surface area contributed by atoms with E-state index in [-0.39, 0.29) is 60.9 Å². The number of methoxy groups -OCH3 is 2. The Hall–Kier alpha value is -2.79. The highest BCUT2D eigenvalue weighted by Gasteiger charge is 2.47.